The summed E-state index contributed by atoms with van der Waals surface area (Å²) in [4.78, 5) is 27.0. The van der Waals surface area contributed by atoms with E-state index < -0.39 is 0 Å². The summed E-state index contributed by atoms with van der Waals surface area (Å²) in [5, 5.41) is 3.02. The van der Waals surface area contributed by atoms with Crippen molar-refractivity contribution in [3.8, 4) is 0 Å². The van der Waals surface area contributed by atoms with Crippen molar-refractivity contribution in [2.24, 2.45) is 0 Å². The predicted octanol–water partition coefficient (Wildman–Crippen LogP) is 0.0564. The third-order valence-electron chi connectivity index (χ3n) is 2.27. The van der Waals surface area contributed by atoms with E-state index in [1.54, 1.807) is 24.1 Å². The third kappa shape index (κ3) is 3.51. The highest BCUT2D eigenvalue weighted by Gasteiger charge is 2.11. The highest BCUT2D eigenvalue weighted by molar-refractivity contribution is 5.91. The molecule has 0 aliphatic heterocycles. The minimum Gasteiger partial charge on any atom is -0.340 e. The molecule has 0 aliphatic rings. The zero-order valence-electron chi connectivity index (χ0n) is 9.62. The first-order chi connectivity index (χ1) is 7.65. The summed E-state index contributed by atoms with van der Waals surface area (Å²) in [6.45, 7) is 1.53. The van der Waals surface area contributed by atoms with Crippen LogP contribution in [0.25, 0.3) is 0 Å². The first-order valence-corrected chi connectivity index (χ1v) is 5.24. The predicted molar refractivity (Wildman–Crippen MR) is 62.6 cm³/mol. The molecule has 0 aromatic carbocycles. The van der Waals surface area contributed by atoms with Gasteiger partial charge in [-0.3, -0.25) is 9.59 Å². The first-order valence-electron chi connectivity index (χ1n) is 5.24. The second kappa shape index (κ2) is 6.07. The van der Waals surface area contributed by atoms with Crippen molar-refractivity contribution in [3.63, 3.8) is 0 Å². The Morgan fingerprint density at radius 1 is 1.50 bits per heavy atom. The summed E-state index contributed by atoms with van der Waals surface area (Å²) in [7, 11) is 3.60. The van der Waals surface area contributed by atoms with Gasteiger partial charge in [0.1, 0.15) is 5.69 Å². The van der Waals surface area contributed by atoms with Crippen LogP contribution < -0.4 is 10.9 Å². The molecule has 5 nitrogen and oxygen atoms in total. The van der Waals surface area contributed by atoms with Crippen LogP contribution in [0.15, 0.2) is 23.0 Å². The average Bonchev–Trinajstić information content (AvgIpc) is 2.28. The maximum atomic E-state index is 11.8. The van der Waals surface area contributed by atoms with E-state index in [1.807, 2.05) is 7.05 Å². The molecule has 2 N–H and O–H groups in total. The highest BCUT2D eigenvalue weighted by Crippen LogP contribution is 1.98. The fourth-order valence-electron chi connectivity index (χ4n) is 1.37. The Balaban J connectivity index is 2.60. The highest BCUT2D eigenvalue weighted by atomic mass is 16.2. The molecule has 1 aromatic heterocycles. The molecule has 0 saturated heterocycles. The van der Waals surface area contributed by atoms with Crippen molar-refractivity contribution >= 4 is 5.91 Å². The lowest BCUT2D eigenvalue weighted by molar-refractivity contribution is 0.0787. The van der Waals surface area contributed by atoms with Gasteiger partial charge in [-0.05, 0) is 26.1 Å². The van der Waals surface area contributed by atoms with Crippen LogP contribution in [-0.4, -0.2) is 43.0 Å². The van der Waals surface area contributed by atoms with Crippen LogP contribution in [0.1, 0.15) is 16.9 Å². The van der Waals surface area contributed by atoms with Crippen molar-refractivity contribution in [2.75, 3.05) is 27.2 Å². The molecule has 0 aliphatic carbocycles. The maximum Gasteiger partial charge on any atom is 0.270 e. The van der Waals surface area contributed by atoms with E-state index in [2.05, 4.69) is 10.3 Å². The molecular weight excluding hydrogens is 206 g/mol. The van der Waals surface area contributed by atoms with Gasteiger partial charge in [-0.2, -0.15) is 0 Å². The number of amides is 1. The number of aromatic nitrogens is 1. The summed E-state index contributed by atoms with van der Waals surface area (Å²) in [5.74, 6) is -0.159. The lowest BCUT2D eigenvalue weighted by atomic mass is 10.3. The van der Waals surface area contributed by atoms with Crippen LogP contribution in [0.4, 0.5) is 0 Å². The van der Waals surface area contributed by atoms with Crippen LogP contribution in [-0.2, 0) is 0 Å². The molecule has 0 radical (unpaired) electrons. The molecule has 1 heterocycles. The Hall–Kier alpha value is -1.62. The summed E-state index contributed by atoms with van der Waals surface area (Å²) in [6, 6.07) is 4.57. The van der Waals surface area contributed by atoms with Crippen LogP contribution in [0, 0.1) is 0 Å². The summed E-state index contributed by atoms with van der Waals surface area (Å²) in [5.41, 5.74) is 0.0777. The fraction of sp³-hybridized carbons (Fsp3) is 0.455. The lowest BCUT2D eigenvalue weighted by Gasteiger charge is -2.16. The second-order valence-electron chi connectivity index (χ2n) is 3.61. The van der Waals surface area contributed by atoms with Crippen molar-refractivity contribution in [2.45, 2.75) is 6.42 Å². The fourth-order valence-corrected chi connectivity index (χ4v) is 1.37. The molecule has 5 heteroatoms. The van der Waals surface area contributed by atoms with E-state index in [0.717, 1.165) is 13.0 Å². The van der Waals surface area contributed by atoms with Gasteiger partial charge in [-0.25, -0.2) is 0 Å². The van der Waals surface area contributed by atoms with Gasteiger partial charge in [0.2, 0.25) is 5.56 Å². The van der Waals surface area contributed by atoms with Gasteiger partial charge in [0.15, 0.2) is 0 Å². The van der Waals surface area contributed by atoms with Crippen LogP contribution >= 0.6 is 0 Å². The van der Waals surface area contributed by atoms with E-state index >= 15 is 0 Å². The molecule has 1 amide bonds. The number of nitrogens with zero attached hydrogens (tertiary/aromatic N) is 1. The van der Waals surface area contributed by atoms with Crippen molar-refractivity contribution in [3.05, 3.63) is 34.2 Å². The molecule has 0 atom stereocenters. The number of hydrogen-bond donors (Lipinski definition) is 2. The SMILES string of the molecule is CNCCCN(C)C(=O)c1cccc(=O)[nH]1. The van der Waals surface area contributed by atoms with E-state index in [4.69, 9.17) is 0 Å². The Labute approximate surface area is 94.5 Å². The molecule has 16 heavy (non-hydrogen) atoms. The Bertz CT molecular complexity index is 400. The number of hydrogen-bond acceptors (Lipinski definition) is 3. The summed E-state index contributed by atoms with van der Waals surface area (Å²) >= 11 is 0. The standard InChI is InChI=1S/C11H17N3O2/c1-12-7-4-8-14(2)11(16)9-5-3-6-10(15)13-9/h3,5-6,12H,4,7-8H2,1-2H3,(H,13,15). The van der Waals surface area contributed by atoms with E-state index in [1.165, 1.54) is 6.07 Å². The minimum atomic E-state index is -0.255. The van der Waals surface area contributed by atoms with Gasteiger partial charge >= 0.3 is 0 Å². The average molecular weight is 223 g/mol. The van der Waals surface area contributed by atoms with Crippen molar-refractivity contribution < 1.29 is 4.79 Å². The molecule has 0 saturated carbocycles. The van der Waals surface area contributed by atoms with Crippen molar-refractivity contribution in [1.29, 1.82) is 0 Å². The zero-order chi connectivity index (χ0) is 12.0. The number of pyridine rings is 1. The van der Waals surface area contributed by atoms with Gasteiger partial charge in [0.25, 0.3) is 5.91 Å². The molecule has 1 aromatic rings. The molecule has 0 fully saturated rings. The minimum absolute atomic E-state index is 0.159. The topological polar surface area (TPSA) is 65.2 Å². The van der Waals surface area contributed by atoms with Crippen LogP contribution in [0.3, 0.4) is 0 Å². The number of aromatic amines is 1. The van der Waals surface area contributed by atoms with Gasteiger partial charge in [-0.1, -0.05) is 6.07 Å². The van der Waals surface area contributed by atoms with Gasteiger partial charge in [0.05, 0.1) is 0 Å². The number of H-pyrrole nitrogens is 1. The Morgan fingerprint density at radius 2 is 2.25 bits per heavy atom. The normalized spacial score (nSPS) is 10.1. The molecular formula is C11H17N3O2. The van der Waals surface area contributed by atoms with Gasteiger partial charge < -0.3 is 15.2 Å². The van der Waals surface area contributed by atoms with E-state index in [9.17, 15) is 9.59 Å². The van der Waals surface area contributed by atoms with Crippen LogP contribution in [0.2, 0.25) is 0 Å². The molecule has 1 rings (SSSR count). The van der Waals surface area contributed by atoms with Gasteiger partial charge in [-0.15, -0.1) is 0 Å². The smallest absolute Gasteiger partial charge is 0.270 e. The number of rotatable bonds is 5. The maximum absolute atomic E-state index is 11.8. The van der Waals surface area contributed by atoms with Gasteiger partial charge in [0, 0.05) is 19.7 Å². The molecule has 0 bridgehead atoms. The Kier molecular flexibility index (Phi) is 4.72. The third-order valence-corrected chi connectivity index (χ3v) is 2.27. The van der Waals surface area contributed by atoms with Crippen molar-refractivity contribution in [1.82, 2.24) is 15.2 Å². The van der Waals surface area contributed by atoms with Crippen LogP contribution in [0.5, 0.6) is 0 Å². The zero-order valence-corrected chi connectivity index (χ0v) is 9.62. The van der Waals surface area contributed by atoms with E-state index in [-0.39, 0.29) is 11.5 Å². The molecule has 0 unspecified atom stereocenters. The second-order valence-corrected chi connectivity index (χ2v) is 3.61. The first kappa shape index (κ1) is 12.4. The Morgan fingerprint density at radius 3 is 2.88 bits per heavy atom. The number of carbonyl (C=O) groups excluding carboxylic acids is 1. The van der Waals surface area contributed by atoms with E-state index in [0.29, 0.717) is 12.2 Å². The number of carbonyl (C=O) groups is 1. The molecule has 88 valence electrons. The lowest BCUT2D eigenvalue weighted by Crippen LogP contribution is -2.31. The largest absolute Gasteiger partial charge is 0.340 e. The molecule has 0 spiro atoms. The summed E-state index contributed by atoms with van der Waals surface area (Å²) in [6.07, 6.45) is 0.885. The monoisotopic (exact) mass is 223 g/mol. The number of nitrogens with one attached hydrogen (secondary N) is 2. The quantitative estimate of drug-likeness (QED) is 0.694. The summed E-state index contributed by atoms with van der Waals surface area (Å²) < 4.78 is 0.